The van der Waals surface area contributed by atoms with Gasteiger partial charge in [-0.05, 0) is 71.0 Å². The number of nitrogens with one attached hydrogen (secondary N) is 2. The minimum atomic E-state index is -0.474. The highest BCUT2D eigenvalue weighted by molar-refractivity contribution is 14.1. The van der Waals surface area contributed by atoms with Crippen molar-refractivity contribution < 1.29 is 23.9 Å². The molecule has 3 aromatic rings. The van der Waals surface area contributed by atoms with E-state index in [0.717, 1.165) is 11.1 Å². The summed E-state index contributed by atoms with van der Waals surface area (Å²) in [4.78, 5) is 38.8. The third kappa shape index (κ3) is 6.03. The van der Waals surface area contributed by atoms with Crippen molar-refractivity contribution >= 4 is 52.2 Å². The summed E-state index contributed by atoms with van der Waals surface area (Å²) in [6.07, 6.45) is 1.59. The van der Waals surface area contributed by atoms with E-state index in [1.54, 1.807) is 30.3 Å². The van der Waals surface area contributed by atoms with E-state index in [9.17, 15) is 14.4 Å². The molecule has 0 spiro atoms. The average molecular weight is 597 g/mol. The number of ether oxygens (including phenoxy) is 2. The van der Waals surface area contributed by atoms with Crippen LogP contribution in [0, 0.1) is 10.5 Å². The van der Waals surface area contributed by atoms with Gasteiger partial charge in [-0.3, -0.25) is 14.5 Å². The second-order valence-corrected chi connectivity index (χ2v) is 9.26. The number of anilines is 1. The minimum absolute atomic E-state index is 0.167. The van der Waals surface area contributed by atoms with E-state index in [1.807, 2.05) is 49.4 Å². The standard InChI is InChI=1S/C27H24IN3O5/c1-17-8-10-18(11-9-17)15-31-26(33)22(30-27(31)34)13-19-12-21(28)25(23(14-19)35-2)36-16-24(32)29-20-6-4-3-5-7-20/h3-14H,15-16H2,1-2H3,(H,29,32)(H,30,34)/b22-13+. The monoisotopic (exact) mass is 597 g/mol. The Labute approximate surface area is 222 Å². The van der Waals surface area contributed by atoms with Gasteiger partial charge in [0, 0.05) is 5.69 Å². The van der Waals surface area contributed by atoms with Crippen molar-refractivity contribution in [1.29, 1.82) is 0 Å². The molecule has 0 aliphatic carbocycles. The number of methoxy groups -OCH3 is 1. The lowest BCUT2D eigenvalue weighted by atomic mass is 10.1. The van der Waals surface area contributed by atoms with Crippen molar-refractivity contribution in [3.8, 4) is 11.5 Å². The summed E-state index contributed by atoms with van der Waals surface area (Å²) in [5.41, 5.74) is 3.44. The first-order valence-electron chi connectivity index (χ1n) is 11.1. The van der Waals surface area contributed by atoms with E-state index < -0.39 is 11.9 Å². The van der Waals surface area contributed by atoms with Gasteiger partial charge in [0.1, 0.15) is 5.70 Å². The van der Waals surface area contributed by atoms with Crippen LogP contribution in [-0.4, -0.2) is 36.5 Å². The molecule has 0 bridgehead atoms. The maximum Gasteiger partial charge on any atom is 0.329 e. The molecular formula is C27H24IN3O5. The number of benzene rings is 3. The molecule has 0 aromatic heterocycles. The smallest absolute Gasteiger partial charge is 0.329 e. The average Bonchev–Trinajstić information content (AvgIpc) is 3.12. The largest absolute Gasteiger partial charge is 0.493 e. The Kier molecular flexibility index (Phi) is 7.89. The van der Waals surface area contributed by atoms with Crippen LogP contribution >= 0.6 is 22.6 Å². The molecule has 1 aliphatic heterocycles. The van der Waals surface area contributed by atoms with Crippen molar-refractivity contribution in [2.24, 2.45) is 0 Å². The van der Waals surface area contributed by atoms with Gasteiger partial charge in [-0.2, -0.15) is 0 Å². The Bertz CT molecular complexity index is 1320. The Morgan fingerprint density at radius 1 is 1.08 bits per heavy atom. The molecule has 4 amide bonds. The number of rotatable bonds is 8. The van der Waals surface area contributed by atoms with Crippen molar-refractivity contribution in [3.05, 3.63) is 92.7 Å². The summed E-state index contributed by atoms with van der Waals surface area (Å²) in [6.45, 7) is 1.95. The van der Waals surface area contributed by atoms with Crippen molar-refractivity contribution in [2.75, 3.05) is 19.0 Å². The van der Waals surface area contributed by atoms with Crippen LogP contribution in [0.15, 0.2) is 72.4 Å². The molecule has 1 heterocycles. The molecule has 3 aromatic carbocycles. The molecular weight excluding hydrogens is 573 g/mol. The number of hydrogen-bond donors (Lipinski definition) is 2. The molecule has 0 radical (unpaired) electrons. The van der Waals surface area contributed by atoms with Crippen LogP contribution < -0.4 is 20.1 Å². The van der Waals surface area contributed by atoms with Crippen LogP contribution in [0.1, 0.15) is 16.7 Å². The molecule has 184 valence electrons. The summed E-state index contributed by atoms with van der Waals surface area (Å²) in [7, 11) is 1.49. The highest BCUT2D eigenvalue weighted by atomic mass is 127. The number of carbonyl (C=O) groups excluding carboxylic acids is 3. The number of carbonyl (C=O) groups is 3. The minimum Gasteiger partial charge on any atom is -0.493 e. The van der Waals surface area contributed by atoms with Gasteiger partial charge in [0.2, 0.25) is 0 Å². The number of imide groups is 1. The first-order chi connectivity index (χ1) is 17.3. The van der Waals surface area contributed by atoms with Crippen LogP contribution in [0.2, 0.25) is 0 Å². The SMILES string of the molecule is COc1cc(/C=C2/NC(=O)N(Cc3ccc(C)cc3)C2=O)cc(I)c1OCC(=O)Nc1ccccc1. The Hall–Kier alpha value is -3.86. The molecule has 1 aliphatic rings. The molecule has 0 saturated carbocycles. The summed E-state index contributed by atoms with van der Waals surface area (Å²) >= 11 is 2.07. The fraction of sp³-hybridized carbons (Fsp3) is 0.148. The fourth-order valence-electron chi connectivity index (χ4n) is 3.58. The molecule has 2 N–H and O–H groups in total. The summed E-state index contributed by atoms with van der Waals surface area (Å²) in [5.74, 6) is 0.0893. The third-order valence-corrected chi connectivity index (χ3v) is 6.19. The zero-order valence-electron chi connectivity index (χ0n) is 19.7. The zero-order chi connectivity index (χ0) is 25.7. The summed E-state index contributed by atoms with van der Waals surface area (Å²) < 4.78 is 11.9. The molecule has 0 unspecified atom stereocenters. The lowest BCUT2D eigenvalue weighted by Gasteiger charge is -2.14. The quantitative estimate of drug-likeness (QED) is 0.223. The molecule has 36 heavy (non-hydrogen) atoms. The topological polar surface area (TPSA) is 97.0 Å². The van der Waals surface area contributed by atoms with Gasteiger partial charge in [-0.15, -0.1) is 0 Å². The van der Waals surface area contributed by atoms with Gasteiger partial charge < -0.3 is 20.1 Å². The van der Waals surface area contributed by atoms with Gasteiger partial charge in [0.05, 0.1) is 17.2 Å². The summed E-state index contributed by atoms with van der Waals surface area (Å²) in [6, 6.07) is 19.7. The van der Waals surface area contributed by atoms with Gasteiger partial charge in [0.25, 0.3) is 11.8 Å². The maximum atomic E-state index is 12.9. The third-order valence-electron chi connectivity index (χ3n) is 5.39. The number of hydrogen-bond acceptors (Lipinski definition) is 5. The highest BCUT2D eigenvalue weighted by Gasteiger charge is 2.33. The predicted octanol–water partition coefficient (Wildman–Crippen LogP) is 4.72. The predicted molar refractivity (Wildman–Crippen MR) is 145 cm³/mol. The van der Waals surface area contributed by atoms with Crippen molar-refractivity contribution in [1.82, 2.24) is 10.2 Å². The number of urea groups is 1. The second kappa shape index (κ2) is 11.3. The number of para-hydroxylation sites is 1. The Balaban J connectivity index is 1.46. The molecule has 8 nitrogen and oxygen atoms in total. The Morgan fingerprint density at radius 3 is 2.50 bits per heavy atom. The molecule has 9 heteroatoms. The van der Waals surface area contributed by atoms with Crippen LogP contribution in [-0.2, 0) is 16.1 Å². The van der Waals surface area contributed by atoms with Crippen LogP contribution in [0.25, 0.3) is 6.08 Å². The fourth-order valence-corrected chi connectivity index (χ4v) is 4.36. The first-order valence-corrected chi connectivity index (χ1v) is 12.2. The van der Waals surface area contributed by atoms with Gasteiger partial charge in [-0.1, -0.05) is 48.0 Å². The van der Waals surface area contributed by atoms with Crippen LogP contribution in [0.4, 0.5) is 10.5 Å². The lowest BCUT2D eigenvalue weighted by Crippen LogP contribution is -2.30. The van der Waals surface area contributed by atoms with Gasteiger partial charge in [0.15, 0.2) is 18.1 Å². The van der Waals surface area contributed by atoms with E-state index in [1.165, 1.54) is 12.0 Å². The summed E-state index contributed by atoms with van der Waals surface area (Å²) in [5, 5.41) is 5.40. The maximum absolute atomic E-state index is 12.9. The van der Waals surface area contributed by atoms with E-state index in [4.69, 9.17) is 9.47 Å². The number of aryl methyl sites for hydroxylation is 1. The first kappa shape index (κ1) is 25.2. The van der Waals surface area contributed by atoms with Crippen molar-refractivity contribution in [2.45, 2.75) is 13.5 Å². The number of amides is 4. The molecule has 4 rings (SSSR count). The van der Waals surface area contributed by atoms with Crippen LogP contribution in [0.5, 0.6) is 11.5 Å². The second-order valence-electron chi connectivity index (χ2n) is 8.10. The Morgan fingerprint density at radius 2 is 1.81 bits per heavy atom. The number of halogens is 1. The van der Waals surface area contributed by atoms with E-state index in [0.29, 0.717) is 26.3 Å². The molecule has 0 atom stereocenters. The zero-order valence-corrected chi connectivity index (χ0v) is 21.9. The molecule has 1 fully saturated rings. The normalized spacial score (nSPS) is 14.1. The van der Waals surface area contributed by atoms with Gasteiger partial charge in [-0.25, -0.2) is 4.79 Å². The lowest BCUT2D eigenvalue weighted by molar-refractivity contribution is -0.123. The highest BCUT2D eigenvalue weighted by Crippen LogP contribution is 2.35. The number of nitrogens with zero attached hydrogens (tertiary/aromatic N) is 1. The molecule has 1 saturated heterocycles. The van der Waals surface area contributed by atoms with E-state index >= 15 is 0 Å². The van der Waals surface area contributed by atoms with Crippen LogP contribution in [0.3, 0.4) is 0 Å². The van der Waals surface area contributed by atoms with Gasteiger partial charge >= 0.3 is 6.03 Å². The van der Waals surface area contributed by atoms with Crippen molar-refractivity contribution in [3.63, 3.8) is 0 Å². The van der Waals surface area contributed by atoms with E-state index in [2.05, 4.69) is 33.2 Å². The van der Waals surface area contributed by atoms with E-state index in [-0.39, 0.29) is 24.8 Å².